The summed E-state index contributed by atoms with van der Waals surface area (Å²) in [5, 5.41) is 0. The highest BCUT2D eigenvalue weighted by Gasteiger charge is 1.94. The number of nitrogens with two attached hydrogens (primary N) is 1. The Morgan fingerprint density at radius 1 is 1.25 bits per heavy atom. The molecule has 0 atom stereocenters. The summed E-state index contributed by atoms with van der Waals surface area (Å²) in [7, 11) is 0. The summed E-state index contributed by atoms with van der Waals surface area (Å²) in [5.41, 5.74) is 5.95. The minimum absolute atomic E-state index is 0. The average molecular weight is 190 g/mol. The molecule has 0 saturated carbocycles. The van der Waals surface area contributed by atoms with Crippen LogP contribution in [0.25, 0.3) is 0 Å². The Morgan fingerprint density at radius 2 is 1.75 bits per heavy atom. The van der Waals surface area contributed by atoms with E-state index >= 15 is 0 Å². The molecule has 0 aliphatic rings. The number of benzene rings is 1. The van der Waals surface area contributed by atoms with E-state index in [1.165, 1.54) is 0 Å². The fourth-order valence-electron chi connectivity index (χ4n) is 0.797. The topological polar surface area (TPSA) is 74.6 Å². The van der Waals surface area contributed by atoms with Crippen molar-refractivity contribution in [2.75, 3.05) is 0 Å². The first-order valence-electron chi connectivity index (χ1n) is 3.11. The Hall–Kier alpha value is -1.06. The highest BCUT2D eigenvalue weighted by atomic mass is 35.5. The van der Waals surface area contributed by atoms with Gasteiger partial charge in [-0.2, -0.15) is 0 Å². The van der Waals surface area contributed by atoms with Gasteiger partial charge in [0.2, 0.25) is 5.91 Å². The quantitative estimate of drug-likeness (QED) is 0.715. The van der Waals surface area contributed by atoms with Gasteiger partial charge in [-0.1, -0.05) is 30.3 Å². The van der Waals surface area contributed by atoms with E-state index in [0.717, 1.165) is 5.56 Å². The number of carbonyl (C=O) groups excluding carboxylic acids is 1. The predicted molar refractivity (Wildman–Crippen MR) is 50.2 cm³/mol. The zero-order chi connectivity index (χ0) is 7.40. The predicted octanol–water partition coefficient (Wildman–Crippen LogP) is 0.312. The van der Waals surface area contributed by atoms with Crippen molar-refractivity contribution < 1.29 is 10.3 Å². The maximum atomic E-state index is 10.4. The molecule has 0 fully saturated rings. The van der Waals surface area contributed by atoms with E-state index in [9.17, 15) is 4.79 Å². The van der Waals surface area contributed by atoms with Gasteiger partial charge in [0.15, 0.2) is 0 Å². The molecule has 0 aliphatic carbocycles. The van der Waals surface area contributed by atoms with Crippen LogP contribution < -0.4 is 5.73 Å². The molecule has 0 aromatic heterocycles. The van der Waals surface area contributed by atoms with Crippen molar-refractivity contribution in [3.05, 3.63) is 35.9 Å². The lowest BCUT2D eigenvalue weighted by molar-refractivity contribution is -0.117. The first kappa shape index (κ1) is 13.5. The van der Waals surface area contributed by atoms with E-state index in [1.807, 2.05) is 30.3 Å². The highest BCUT2D eigenvalue weighted by molar-refractivity contribution is 5.85. The van der Waals surface area contributed by atoms with Gasteiger partial charge in [-0.05, 0) is 5.56 Å². The monoisotopic (exact) mass is 189 g/mol. The summed E-state index contributed by atoms with van der Waals surface area (Å²) in [4.78, 5) is 10.4. The van der Waals surface area contributed by atoms with Gasteiger partial charge in [0.25, 0.3) is 0 Å². The van der Waals surface area contributed by atoms with Crippen LogP contribution in [0.5, 0.6) is 0 Å². The fraction of sp³-hybridized carbons (Fsp3) is 0.125. The summed E-state index contributed by atoms with van der Waals surface area (Å²) in [6.07, 6.45) is 0.334. The highest BCUT2D eigenvalue weighted by Crippen LogP contribution is 1.97. The third-order valence-electron chi connectivity index (χ3n) is 1.22. The maximum absolute atomic E-state index is 10.4. The molecule has 4 N–H and O–H groups in total. The summed E-state index contributed by atoms with van der Waals surface area (Å²) in [5.74, 6) is -0.286. The van der Waals surface area contributed by atoms with Crippen LogP contribution in [0.15, 0.2) is 30.3 Å². The zero-order valence-electron chi connectivity index (χ0n) is 6.49. The normalized spacial score (nSPS) is 7.67. The zero-order valence-corrected chi connectivity index (χ0v) is 7.30. The molecular formula is C8H12ClNO2. The van der Waals surface area contributed by atoms with E-state index in [-0.39, 0.29) is 23.8 Å². The summed E-state index contributed by atoms with van der Waals surface area (Å²) >= 11 is 0. The van der Waals surface area contributed by atoms with Crippen LogP contribution in [-0.4, -0.2) is 11.4 Å². The van der Waals surface area contributed by atoms with Gasteiger partial charge in [-0.3, -0.25) is 4.79 Å². The van der Waals surface area contributed by atoms with Crippen LogP contribution in [0.2, 0.25) is 0 Å². The molecule has 0 unspecified atom stereocenters. The lowest BCUT2D eigenvalue weighted by Gasteiger charge is -1.93. The average Bonchev–Trinajstić information content (AvgIpc) is 1.88. The number of rotatable bonds is 2. The van der Waals surface area contributed by atoms with Gasteiger partial charge in [0, 0.05) is 0 Å². The molecule has 0 bridgehead atoms. The lowest BCUT2D eigenvalue weighted by Crippen LogP contribution is -2.13. The number of primary amides is 1. The van der Waals surface area contributed by atoms with Crippen LogP contribution in [0.3, 0.4) is 0 Å². The number of halogens is 1. The molecule has 3 nitrogen and oxygen atoms in total. The van der Waals surface area contributed by atoms with Crippen LogP contribution >= 0.6 is 12.4 Å². The number of hydrogen-bond acceptors (Lipinski definition) is 1. The molecule has 4 heteroatoms. The first-order valence-corrected chi connectivity index (χ1v) is 3.11. The van der Waals surface area contributed by atoms with Crippen molar-refractivity contribution in [1.29, 1.82) is 0 Å². The van der Waals surface area contributed by atoms with Crippen LogP contribution in [0.1, 0.15) is 5.56 Å². The SMILES string of the molecule is Cl.NC(=O)Cc1ccccc1.O. The Labute approximate surface area is 77.3 Å². The second-order valence-electron chi connectivity index (χ2n) is 2.13. The van der Waals surface area contributed by atoms with E-state index < -0.39 is 0 Å². The number of carbonyl (C=O) groups is 1. The Kier molecular flexibility index (Phi) is 7.48. The standard InChI is InChI=1S/C8H9NO.ClH.H2O/c9-8(10)6-7-4-2-1-3-5-7;;/h1-5H,6H2,(H2,9,10);1H;1H2. The smallest absolute Gasteiger partial charge is 0.221 e. The largest absolute Gasteiger partial charge is 0.412 e. The van der Waals surface area contributed by atoms with Crippen LogP contribution in [0.4, 0.5) is 0 Å². The molecule has 68 valence electrons. The van der Waals surface area contributed by atoms with Gasteiger partial charge in [-0.25, -0.2) is 0 Å². The van der Waals surface area contributed by atoms with Crippen molar-refractivity contribution in [3.63, 3.8) is 0 Å². The summed E-state index contributed by atoms with van der Waals surface area (Å²) in [6.45, 7) is 0. The van der Waals surface area contributed by atoms with Crippen LogP contribution in [0, 0.1) is 0 Å². The lowest BCUT2D eigenvalue weighted by atomic mass is 10.1. The molecule has 1 aromatic rings. The van der Waals surface area contributed by atoms with Crippen LogP contribution in [-0.2, 0) is 11.2 Å². The van der Waals surface area contributed by atoms with Gasteiger partial charge in [0.1, 0.15) is 0 Å². The summed E-state index contributed by atoms with van der Waals surface area (Å²) < 4.78 is 0. The van der Waals surface area contributed by atoms with E-state index in [2.05, 4.69) is 0 Å². The van der Waals surface area contributed by atoms with Crippen molar-refractivity contribution in [3.8, 4) is 0 Å². The third kappa shape index (κ3) is 4.71. The molecule has 0 radical (unpaired) electrons. The molecule has 12 heavy (non-hydrogen) atoms. The molecule has 1 rings (SSSR count). The minimum atomic E-state index is -0.286. The molecule has 1 amide bonds. The first-order chi connectivity index (χ1) is 4.79. The molecule has 0 spiro atoms. The van der Waals surface area contributed by atoms with E-state index in [1.54, 1.807) is 0 Å². The Balaban J connectivity index is 0. The summed E-state index contributed by atoms with van der Waals surface area (Å²) in [6, 6.07) is 9.44. The van der Waals surface area contributed by atoms with Crippen molar-refractivity contribution in [2.45, 2.75) is 6.42 Å². The molecular weight excluding hydrogens is 178 g/mol. The van der Waals surface area contributed by atoms with Gasteiger partial charge in [0.05, 0.1) is 6.42 Å². The Morgan fingerprint density at radius 3 is 2.17 bits per heavy atom. The number of hydrogen-bond donors (Lipinski definition) is 1. The Bertz CT molecular complexity index is 226. The molecule has 0 aliphatic heterocycles. The van der Waals surface area contributed by atoms with Crippen molar-refractivity contribution in [2.24, 2.45) is 5.73 Å². The second kappa shape index (κ2) is 6.64. The molecule has 0 saturated heterocycles. The van der Waals surface area contributed by atoms with Gasteiger partial charge >= 0.3 is 0 Å². The molecule has 1 aromatic carbocycles. The minimum Gasteiger partial charge on any atom is -0.412 e. The maximum Gasteiger partial charge on any atom is 0.221 e. The van der Waals surface area contributed by atoms with Gasteiger partial charge in [-0.15, -0.1) is 12.4 Å². The molecule has 0 heterocycles. The fourth-order valence-corrected chi connectivity index (χ4v) is 0.797. The van der Waals surface area contributed by atoms with E-state index in [0.29, 0.717) is 6.42 Å². The van der Waals surface area contributed by atoms with Crippen molar-refractivity contribution >= 4 is 18.3 Å². The van der Waals surface area contributed by atoms with Crippen molar-refractivity contribution in [1.82, 2.24) is 0 Å². The van der Waals surface area contributed by atoms with E-state index in [4.69, 9.17) is 5.73 Å². The third-order valence-corrected chi connectivity index (χ3v) is 1.22. The number of amides is 1. The van der Waals surface area contributed by atoms with Gasteiger partial charge < -0.3 is 11.2 Å². The second-order valence-corrected chi connectivity index (χ2v) is 2.13.